The van der Waals surface area contributed by atoms with Crippen LogP contribution in [0.25, 0.3) is 0 Å². The van der Waals surface area contributed by atoms with E-state index in [2.05, 4.69) is 5.32 Å². The van der Waals surface area contributed by atoms with Crippen molar-refractivity contribution in [3.8, 4) is 5.75 Å². The molecule has 1 rings (SSSR count). The monoisotopic (exact) mass is 293 g/mol. The molecule has 0 aliphatic rings. The Hall–Kier alpha value is -2.04. The van der Waals surface area contributed by atoms with Crippen molar-refractivity contribution in [1.29, 1.82) is 0 Å². The topological polar surface area (TPSA) is 75.6 Å². The normalized spacial score (nSPS) is 13.3. The molecule has 0 bridgehead atoms. The van der Waals surface area contributed by atoms with Gasteiger partial charge in [0.2, 0.25) is 5.91 Å². The number of amides is 1. The largest absolute Gasteiger partial charge is 0.491 e. The lowest BCUT2D eigenvalue weighted by molar-refractivity contribution is -0.145. The van der Waals surface area contributed by atoms with E-state index >= 15 is 0 Å². The van der Waals surface area contributed by atoms with Gasteiger partial charge < -0.3 is 15.2 Å². The average molecular weight is 293 g/mol. The maximum Gasteiger partial charge on any atom is 0.307 e. The summed E-state index contributed by atoms with van der Waals surface area (Å²) in [6, 6.07) is 5.51. The number of carbonyl (C=O) groups excluding carboxylic acids is 1. The van der Waals surface area contributed by atoms with Gasteiger partial charge in [0.05, 0.1) is 18.2 Å². The van der Waals surface area contributed by atoms with Crippen molar-refractivity contribution in [2.24, 2.45) is 11.8 Å². The zero-order chi connectivity index (χ0) is 16.0. The van der Waals surface area contributed by atoms with E-state index in [-0.39, 0.29) is 5.91 Å². The highest BCUT2D eigenvalue weighted by Gasteiger charge is 2.26. The number of aliphatic carboxylic acids is 1. The minimum absolute atomic E-state index is 0.324. The summed E-state index contributed by atoms with van der Waals surface area (Å²) >= 11 is 0. The van der Waals surface area contributed by atoms with E-state index in [0.29, 0.717) is 18.0 Å². The molecule has 0 fully saturated rings. The highest BCUT2D eigenvalue weighted by atomic mass is 16.5. The minimum Gasteiger partial charge on any atom is -0.491 e. The van der Waals surface area contributed by atoms with Crippen LogP contribution in [0.1, 0.15) is 32.8 Å². The molecule has 2 unspecified atom stereocenters. The third-order valence-corrected chi connectivity index (χ3v) is 3.41. The molecule has 2 N–H and O–H groups in total. The number of benzene rings is 1. The second-order valence-corrected chi connectivity index (χ2v) is 5.25. The first-order valence-corrected chi connectivity index (χ1v) is 7.14. The molecule has 116 valence electrons. The number of rotatable bonds is 7. The van der Waals surface area contributed by atoms with Crippen LogP contribution in [0, 0.1) is 18.8 Å². The molecule has 2 atom stereocenters. The number of ether oxygens (including phenoxy) is 1. The van der Waals surface area contributed by atoms with E-state index in [1.807, 2.05) is 26.0 Å². The number of hydrogen-bond donors (Lipinski definition) is 2. The Morgan fingerprint density at radius 3 is 2.52 bits per heavy atom. The third kappa shape index (κ3) is 4.77. The Morgan fingerprint density at radius 1 is 1.29 bits per heavy atom. The fraction of sp³-hybridized carbons (Fsp3) is 0.500. The molecular formula is C16H23NO4. The third-order valence-electron chi connectivity index (χ3n) is 3.41. The van der Waals surface area contributed by atoms with Gasteiger partial charge >= 0.3 is 5.97 Å². The van der Waals surface area contributed by atoms with E-state index in [0.717, 1.165) is 12.0 Å². The molecule has 5 heteroatoms. The first-order chi connectivity index (χ1) is 9.86. The van der Waals surface area contributed by atoms with Crippen LogP contribution in [0.2, 0.25) is 0 Å². The van der Waals surface area contributed by atoms with Crippen molar-refractivity contribution in [2.75, 3.05) is 11.9 Å². The Balaban J connectivity index is 2.86. The Kier molecular flexibility index (Phi) is 6.21. The molecule has 0 heterocycles. The fourth-order valence-corrected chi connectivity index (χ4v) is 1.75. The molecule has 0 aromatic heterocycles. The van der Waals surface area contributed by atoms with E-state index in [9.17, 15) is 9.59 Å². The SMILES string of the molecule is CCCOc1cc(C)ccc1NC(=O)C(C)C(C)C(=O)O. The molecule has 0 aliphatic carbocycles. The zero-order valence-electron chi connectivity index (χ0n) is 13.0. The summed E-state index contributed by atoms with van der Waals surface area (Å²) in [4.78, 5) is 23.1. The lowest BCUT2D eigenvalue weighted by Crippen LogP contribution is -2.30. The first kappa shape index (κ1) is 17.0. The van der Waals surface area contributed by atoms with Crippen LogP contribution in [0.3, 0.4) is 0 Å². The number of carboxylic acids is 1. The van der Waals surface area contributed by atoms with Crippen LogP contribution in [-0.2, 0) is 9.59 Å². The average Bonchev–Trinajstić information content (AvgIpc) is 2.45. The number of carbonyl (C=O) groups is 2. The van der Waals surface area contributed by atoms with Crippen molar-refractivity contribution >= 4 is 17.6 Å². The molecular weight excluding hydrogens is 270 g/mol. The summed E-state index contributed by atoms with van der Waals surface area (Å²) < 4.78 is 5.62. The smallest absolute Gasteiger partial charge is 0.307 e. The lowest BCUT2D eigenvalue weighted by Gasteiger charge is -2.18. The molecule has 0 radical (unpaired) electrons. The summed E-state index contributed by atoms with van der Waals surface area (Å²) in [6.45, 7) is 7.64. The van der Waals surface area contributed by atoms with Gasteiger partial charge in [0.1, 0.15) is 5.75 Å². The second-order valence-electron chi connectivity index (χ2n) is 5.25. The predicted molar refractivity (Wildman–Crippen MR) is 81.6 cm³/mol. The molecule has 0 aliphatic heterocycles. The van der Waals surface area contributed by atoms with Gasteiger partial charge in [-0.1, -0.05) is 26.8 Å². The summed E-state index contributed by atoms with van der Waals surface area (Å²) in [5.41, 5.74) is 1.61. The van der Waals surface area contributed by atoms with Gasteiger partial charge in [-0.15, -0.1) is 0 Å². The first-order valence-electron chi connectivity index (χ1n) is 7.14. The summed E-state index contributed by atoms with van der Waals surface area (Å²) in [5, 5.41) is 11.7. The number of hydrogen-bond acceptors (Lipinski definition) is 3. The molecule has 0 spiro atoms. The Morgan fingerprint density at radius 2 is 1.95 bits per heavy atom. The van der Waals surface area contributed by atoms with E-state index in [4.69, 9.17) is 9.84 Å². The molecule has 5 nitrogen and oxygen atoms in total. The van der Waals surface area contributed by atoms with Crippen molar-refractivity contribution in [2.45, 2.75) is 34.1 Å². The second kappa shape index (κ2) is 7.67. The fourth-order valence-electron chi connectivity index (χ4n) is 1.75. The predicted octanol–water partition coefficient (Wildman–Crippen LogP) is 3.08. The molecule has 0 saturated carbocycles. The highest BCUT2D eigenvalue weighted by molar-refractivity contribution is 5.95. The van der Waals surface area contributed by atoms with Gasteiger partial charge in [0.25, 0.3) is 0 Å². The minimum atomic E-state index is -0.982. The van der Waals surface area contributed by atoms with Gasteiger partial charge in [-0.25, -0.2) is 0 Å². The van der Waals surface area contributed by atoms with Crippen LogP contribution in [0.15, 0.2) is 18.2 Å². The van der Waals surface area contributed by atoms with Crippen LogP contribution in [0.5, 0.6) is 5.75 Å². The van der Waals surface area contributed by atoms with Crippen molar-refractivity contribution < 1.29 is 19.4 Å². The molecule has 21 heavy (non-hydrogen) atoms. The van der Waals surface area contributed by atoms with Crippen LogP contribution < -0.4 is 10.1 Å². The van der Waals surface area contributed by atoms with Crippen molar-refractivity contribution in [3.05, 3.63) is 23.8 Å². The Labute approximate surface area is 125 Å². The Bertz CT molecular complexity index is 513. The molecule has 1 amide bonds. The van der Waals surface area contributed by atoms with Gasteiger partial charge in [-0.2, -0.15) is 0 Å². The van der Waals surface area contributed by atoms with E-state index in [1.165, 1.54) is 6.92 Å². The van der Waals surface area contributed by atoms with Gasteiger partial charge in [-0.05, 0) is 31.0 Å². The van der Waals surface area contributed by atoms with Crippen molar-refractivity contribution in [3.63, 3.8) is 0 Å². The van der Waals surface area contributed by atoms with Gasteiger partial charge in [-0.3, -0.25) is 9.59 Å². The van der Waals surface area contributed by atoms with Crippen LogP contribution >= 0.6 is 0 Å². The summed E-state index contributed by atoms with van der Waals surface area (Å²) in [6.07, 6.45) is 0.869. The summed E-state index contributed by atoms with van der Waals surface area (Å²) in [7, 11) is 0. The molecule has 1 aromatic rings. The van der Waals surface area contributed by atoms with Crippen LogP contribution in [0.4, 0.5) is 5.69 Å². The quantitative estimate of drug-likeness (QED) is 0.810. The number of carboxylic acid groups (broad SMARTS) is 1. The lowest BCUT2D eigenvalue weighted by atomic mass is 9.95. The van der Waals surface area contributed by atoms with E-state index in [1.54, 1.807) is 13.0 Å². The zero-order valence-corrected chi connectivity index (χ0v) is 13.0. The number of anilines is 1. The van der Waals surface area contributed by atoms with Crippen LogP contribution in [-0.4, -0.2) is 23.6 Å². The maximum absolute atomic E-state index is 12.1. The standard InChI is InChI=1S/C16H23NO4/c1-5-8-21-14-9-10(2)6-7-13(14)17-15(18)11(3)12(4)16(19)20/h6-7,9,11-12H,5,8H2,1-4H3,(H,17,18)(H,19,20). The maximum atomic E-state index is 12.1. The summed E-state index contributed by atoms with van der Waals surface area (Å²) in [5.74, 6) is -2.06. The molecule has 1 aromatic carbocycles. The highest BCUT2D eigenvalue weighted by Crippen LogP contribution is 2.27. The van der Waals surface area contributed by atoms with Gasteiger partial charge in [0.15, 0.2) is 0 Å². The van der Waals surface area contributed by atoms with Gasteiger partial charge in [0, 0.05) is 5.92 Å². The molecule has 0 saturated heterocycles. The van der Waals surface area contributed by atoms with Crippen molar-refractivity contribution in [1.82, 2.24) is 0 Å². The number of aryl methyl sites for hydroxylation is 1. The number of nitrogens with one attached hydrogen (secondary N) is 1. The van der Waals surface area contributed by atoms with E-state index < -0.39 is 17.8 Å².